The molecule has 0 fully saturated rings. The van der Waals surface area contributed by atoms with Crippen molar-refractivity contribution in [2.75, 3.05) is 7.11 Å². The lowest BCUT2D eigenvalue weighted by Gasteiger charge is -2.11. The number of hydrogen-bond donors (Lipinski definition) is 1. The average Bonchev–Trinajstić information content (AvgIpc) is 2.44. The topological polar surface area (TPSA) is 59.4 Å². The summed E-state index contributed by atoms with van der Waals surface area (Å²) in [4.78, 5) is 15.3. The van der Waals surface area contributed by atoms with Crippen LogP contribution in [0.2, 0.25) is 15.1 Å². The molecule has 1 aromatic carbocycles. The van der Waals surface area contributed by atoms with E-state index in [4.69, 9.17) is 39.5 Å². The molecule has 0 saturated carbocycles. The van der Waals surface area contributed by atoms with Crippen molar-refractivity contribution >= 4 is 40.8 Å². The van der Waals surface area contributed by atoms with Gasteiger partial charge in [-0.1, -0.05) is 40.9 Å². The summed E-state index contributed by atoms with van der Waals surface area (Å²) in [6.07, 6.45) is 1.37. The predicted octanol–water partition coefficient (Wildman–Crippen LogP) is 4.42. The third-order valence-corrected chi connectivity index (χ3v) is 3.94. The van der Waals surface area contributed by atoms with Crippen LogP contribution in [-0.2, 0) is 0 Å². The Morgan fingerprint density at radius 1 is 1.20 bits per heavy atom. The molecule has 2 rings (SSSR count). The smallest absolute Gasteiger partial charge is 0.336 e. The molecule has 1 N–H and O–H groups in total. The molecule has 0 atom stereocenters. The Morgan fingerprint density at radius 3 is 2.50 bits per heavy atom. The quantitative estimate of drug-likeness (QED) is 0.845. The zero-order valence-electron chi connectivity index (χ0n) is 10.2. The van der Waals surface area contributed by atoms with Gasteiger partial charge in [-0.25, -0.2) is 9.78 Å². The van der Waals surface area contributed by atoms with E-state index < -0.39 is 5.97 Å². The first-order valence-corrected chi connectivity index (χ1v) is 6.50. The normalized spacial score (nSPS) is 10.4. The number of aromatic carboxylic acids is 1. The Balaban J connectivity index is 2.70. The molecule has 0 spiro atoms. The van der Waals surface area contributed by atoms with Gasteiger partial charge < -0.3 is 9.84 Å². The summed E-state index contributed by atoms with van der Waals surface area (Å²) in [7, 11) is 1.40. The summed E-state index contributed by atoms with van der Waals surface area (Å²) in [6, 6.07) is 4.45. The fraction of sp³-hybridized carbons (Fsp3) is 0.0769. The Labute approximate surface area is 129 Å². The second-order valence-corrected chi connectivity index (χ2v) is 4.96. The molecule has 4 nitrogen and oxygen atoms in total. The highest BCUT2D eigenvalue weighted by molar-refractivity contribution is 6.49. The van der Waals surface area contributed by atoms with Crippen molar-refractivity contribution in [1.29, 1.82) is 0 Å². The maximum Gasteiger partial charge on any atom is 0.336 e. The highest BCUT2D eigenvalue weighted by atomic mass is 35.5. The van der Waals surface area contributed by atoms with Crippen molar-refractivity contribution in [2.24, 2.45) is 0 Å². The highest BCUT2D eigenvalue weighted by Crippen LogP contribution is 2.39. The van der Waals surface area contributed by atoms with Crippen LogP contribution < -0.4 is 4.74 Å². The predicted molar refractivity (Wildman–Crippen MR) is 78.2 cm³/mol. The van der Waals surface area contributed by atoms with E-state index in [1.54, 1.807) is 12.1 Å². The molecular formula is C13H8Cl3NO3. The van der Waals surface area contributed by atoms with Crippen molar-refractivity contribution in [3.63, 3.8) is 0 Å². The highest BCUT2D eigenvalue weighted by Gasteiger charge is 2.18. The minimum atomic E-state index is -1.12. The van der Waals surface area contributed by atoms with Gasteiger partial charge in [-0.2, -0.15) is 0 Å². The lowest BCUT2D eigenvalue weighted by atomic mass is 10.0. The van der Waals surface area contributed by atoms with Crippen LogP contribution in [0.25, 0.3) is 11.1 Å². The average molecular weight is 333 g/mol. The Hall–Kier alpha value is -1.49. The summed E-state index contributed by atoms with van der Waals surface area (Å²) < 4.78 is 4.91. The summed E-state index contributed by atoms with van der Waals surface area (Å²) in [6.45, 7) is 0. The van der Waals surface area contributed by atoms with Crippen molar-refractivity contribution in [3.8, 4) is 17.0 Å². The molecule has 104 valence electrons. The maximum absolute atomic E-state index is 11.3. The van der Waals surface area contributed by atoms with E-state index in [-0.39, 0.29) is 21.5 Å². The summed E-state index contributed by atoms with van der Waals surface area (Å²) >= 11 is 17.9. The van der Waals surface area contributed by atoms with E-state index in [0.29, 0.717) is 16.1 Å². The number of ether oxygens (including phenoxy) is 1. The molecule has 7 heteroatoms. The number of halogens is 3. The zero-order chi connectivity index (χ0) is 14.9. The molecule has 0 aliphatic rings. The third kappa shape index (κ3) is 2.68. The second kappa shape index (κ2) is 5.87. The van der Waals surface area contributed by atoms with E-state index >= 15 is 0 Å². The Kier molecular flexibility index (Phi) is 4.38. The van der Waals surface area contributed by atoms with E-state index in [9.17, 15) is 9.90 Å². The lowest BCUT2D eigenvalue weighted by molar-refractivity contribution is 0.0697. The molecule has 1 heterocycles. The van der Waals surface area contributed by atoms with Gasteiger partial charge in [-0.3, -0.25) is 0 Å². The van der Waals surface area contributed by atoms with Gasteiger partial charge in [0.1, 0.15) is 0 Å². The van der Waals surface area contributed by atoms with Crippen molar-refractivity contribution in [3.05, 3.63) is 45.0 Å². The van der Waals surface area contributed by atoms with Crippen LogP contribution in [0.15, 0.2) is 24.4 Å². The van der Waals surface area contributed by atoms with Gasteiger partial charge in [0.05, 0.1) is 27.7 Å². The van der Waals surface area contributed by atoms with Crippen LogP contribution >= 0.6 is 34.8 Å². The van der Waals surface area contributed by atoms with Gasteiger partial charge in [-0.05, 0) is 6.07 Å². The molecule has 0 bridgehead atoms. The van der Waals surface area contributed by atoms with E-state index in [2.05, 4.69) is 4.98 Å². The first-order chi connectivity index (χ1) is 9.45. The van der Waals surface area contributed by atoms with Crippen LogP contribution in [-0.4, -0.2) is 23.2 Å². The number of methoxy groups -OCH3 is 1. The number of carboxylic acid groups (broad SMARTS) is 1. The van der Waals surface area contributed by atoms with Crippen LogP contribution in [0.4, 0.5) is 0 Å². The fourth-order valence-corrected chi connectivity index (χ4v) is 2.31. The minimum Gasteiger partial charge on any atom is -0.481 e. The van der Waals surface area contributed by atoms with Crippen LogP contribution in [0.5, 0.6) is 5.88 Å². The molecule has 1 aromatic heterocycles. The van der Waals surface area contributed by atoms with Crippen molar-refractivity contribution in [2.45, 2.75) is 0 Å². The second-order valence-electron chi connectivity index (χ2n) is 3.80. The number of carboxylic acids is 1. The molecule has 0 aliphatic heterocycles. The third-order valence-electron chi connectivity index (χ3n) is 2.64. The molecule has 0 radical (unpaired) electrons. The van der Waals surface area contributed by atoms with Crippen LogP contribution in [0.1, 0.15) is 10.4 Å². The molecule has 0 unspecified atom stereocenters. The number of aromatic nitrogens is 1. The minimum absolute atomic E-state index is 0.0112. The summed E-state index contributed by atoms with van der Waals surface area (Å²) in [5, 5.41) is 9.91. The van der Waals surface area contributed by atoms with Gasteiger partial charge in [0.15, 0.2) is 0 Å². The Bertz CT molecular complexity index is 689. The number of rotatable bonds is 3. The molecule has 0 amide bonds. The standard InChI is InChI=1S/C13H8Cl3NO3/c1-20-10-4-7(13(18)19)8(5-17-10)6-2-3-9(14)12(16)11(6)15/h2-5H,1H3,(H,18,19). The first-order valence-electron chi connectivity index (χ1n) is 5.37. The van der Waals surface area contributed by atoms with Gasteiger partial charge in [-0.15, -0.1) is 0 Å². The van der Waals surface area contributed by atoms with Crippen LogP contribution in [0, 0.1) is 0 Å². The number of nitrogens with zero attached hydrogens (tertiary/aromatic N) is 1. The van der Waals surface area contributed by atoms with Crippen LogP contribution in [0.3, 0.4) is 0 Å². The Morgan fingerprint density at radius 2 is 1.90 bits per heavy atom. The van der Waals surface area contributed by atoms with Crippen molar-refractivity contribution < 1.29 is 14.6 Å². The fourth-order valence-electron chi connectivity index (χ4n) is 1.67. The molecule has 0 saturated heterocycles. The molecule has 2 aromatic rings. The summed E-state index contributed by atoms with van der Waals surface area (Å²) in [5.74, 6) is -0.926. The maximum atomic E-state index is 11.3. The molecular weight excluding hydrogens is 325 g/mol. The number of benzene rings is 1. The number of pyridine rings is 1. The van der Waals surface area contributed by atoms with E-state index in [1.165, 1.54) is 19.4 Å². The number of hydrogen-bond acceptors (Lipinski definition) is 3. The molecule has 20 heavy (non-hydrogen) atoms. The SMILES string of the molecule is COc1cc(C(=O)O)c(-c2ccc(Cl)c(Cl)c2Cl)cn1. The zero-order valence-corrected chi connectivity index (χ0v) is 12.4. The lowest BCUT2D eigenvalue weighted by Crippen LogP contribution is -2.02. The largest absolute Gasteiger partial charge is 0.481 e. The monoisotopic (exact) mass is 331 g/mol. The van der Waals surface area contributed by atoms with Gasteiger partial charge in [0.2, 0.25) is 5.88 Å². The van der Waals surface area contributed by atoms with Gasteiger partial charge in [0.25, 0.3) is 0 Å². The number of carbonyl (C=O) groups is 1. The van der Waals surface area contributed by atoms with Crippen molar-refractivity contribution in [1.82, 2.24) is 4.98 Å². The summed E-state index contributed by atoms with van der Waals surface area (Å²) in [5.41, 5.74) is 0.785. The molecule has 0 aliphatic carbocycles. The van der Waals surface area contributed by atoms with Gasteiger partial charge >= 0.3 is 5.97 Å². The van der Waals surface area contributed by atoms with E-state index in [0.717, 1.165) is 0 Å². The van der Waals surface area contributed by atoms with E-state index in [1.807, 2.05) is 0 Å². The first kappa shape index (κ1) is 14.9. The van der Waals surface area contributed by atoms with Gasteiger partial charge in [0, 0.05) is 23.4 Å².